The van der Waals surface area contributed by atoms with Crippen LogP contribution in [-0.2, 0) is 4.74 Å². The van der Waals surface area contributed by atoms with Gasteiger partial charge in [0.15, 0.2) is 5.96 Å². The molecule has 7 heteroatoms. The Morgan fingerprint density at radius 1 is 1.08 bits per heavy atom. The molecule has 0 radical (unpaired) electrons. The molecule has 0 saturated carbocycles. The number of hydrogen-bond donors (Lipinski definition) is 1. The van der Waals surface area contributed by atoms with Gasteiger partial charge in [-0.2, -0.15) is 0 Å². The fourth-order valence-electron chi connectivity index (χ4n) is 3.61. The van der Waals surface area contributed by atoms with Gasteiger partial charge in [0.2, 0.25) is 0 Å². The number of likely N-dealkylation sites (tertiary alicyclic amines) is 1. The average Bonchev–Trinajstić information content (AvgIpc) is 2.64. The summed E-state index contributed by atoms with van der Waals surface area (Å²) in [7, 11) is 1.84. The number of rotatable bonds is 5. The lowest BCUT2D eigenvalue weighted by molar-refractivity contribution is 0.0913. The zero-order chi connectivity index (χ0) is 18.1. The Balaban J connectivity index is 1.70. The van der Waals surface area contributed by atoms with Gasteiger partial charge >= 0.3 is 6.09 Å². The normalized spacial score (nSPS) is 20.7. The van der Waals surface area contributed by atoms with Gasteiger partial charge in [0, 0.05) is 39.8 Å². The van der Waals surface area contributed by atoms with Crippen molar-refractivity contribution in [1.29, 1.82) is 0 Å². The number of nitrogens with one attached hydrogen (secondary N) is 1. The third-order valence-electron chi connectivity index (χ3n) is 5.11. The lowest BCUT2D eigenvalue weighted by Crippen LogP contribution is -2.54. The van der Waals surface area contributed by atoms with Crippen molar-refractivity contribution in [3.05, 3.63) is 0 Å². The van der Waals surface area contributed by atoms with Crippen LogP contribution < -0.4 is 5.32 Å². The van der Waals surface area contributed by atoms with E-state index in [9.17, 15) is 4.79 Å². The number of piperazine rings is 1. The summed E-state index contributed by atoms with van der Waals surface area (Å²) in [6, 6.07) is 0. The van der Waals surface area contributed by atoms with Crippen molar-refractivity contribution in [3.8, 4) is 0 Å². The van der Waals surface area contributed by atoms with Crippen LogP contribution in [0.4, 0.5) is 4.79 Å². The van der Waals surface area contributed by atoms with Gasteiger partial charge in [0.25, 0.3) is 0 Å². The zero-order valence-corrected chi connectivity index (χ0v) is 16.2. The van der Waals surface area contributed by atoms with Crippen LogP contribution in [0, 0.1) is 5.92 Å². The van der Waals surface area contributed by atoms with Crippen LogP contribution in [0.3, 0.4) is 0 Å². The third-order valence-corrected chi connectivity index (χ3v) is 5.11. The lowest BCUT2D eigenvalue weighted by atomic mass is 9.97. The molecule has 0 aliphatic carbocycles. The summed E-state index contributed by atoms with van der Waals surface area (Å²) >= 11 is 0. The highest BCUT2D eigenvalue weighted by Gasteiger charge is 2.24. The van der Waals surface area contributed by atoms with Gasteiger partial charge in [0.05, 0.1) is 6.61 Å². The minimum Gasteiger partial charge on any atom is -0.450 e. The van der Waals surface area contributed by atoms with E-state index in [4.69, 9.17) is 4.74 Å². The first kappa shape index (κ1) is 19.8. The molecular formula is C18H35N5O2. The van der Waals surface area contributed by atoms with Crippen LogP contribution >= 0.6 is 0 Å². The quantitative estimate of drug-likeness (QED) is 0.599. The molecule has 2 aliphatic rings. The first-order valence-electron chi connectivity index (χ1n) is 9.77. The number of carbonyl (C=O) groups is 1. The summed E-state index contributed by atoms with van der Waals surface area (Å²) in [5.41, 5.74) is 0. The van der Waals surface area contributed by atoms with Crippen molar-refractivity contribution < 1.29 is 9.53 Å². The molecule has 1 amide bonds. The van der Waals surface area contributed by atoms with Gasteiger partial charge in [0.1, 0.15) is 0 Å². The molecule has 7 nitrogen and oxygen atoms in total. The van der Waals surface area contributed by atoms with Crippen molar-refractivity contribution >= 4 is 12.1 Å². The number of aliphatic imine (C=N–C) groups is 1. The van der Waals surface area contributed by atoms with E-state index in [0.29, 0.717) is 19.7 Å². The summed E-state index contributed by atoms with van der Waals surface area (Å²) in [6.45, 7) is 12.2. The first-order valence-corrected chi connectivity index (χ1v) is 9.77. The number of piperidine rings is 1. The Morgan fingerprint density at radius 3 is 2.28 bits per heavy atom. The molecule has 0 aromatic rings. The van der Waals surface area contributed by atoms with Crippen LogP contribution in [0.1, 0.15) is 33.1 Å². The Bertz CT molecular complexity index is 427. The molecule has 2 rings (SSSR count). The molecule has 2 aliphatic heterocycles. The fourth-order valence-corrected chi connectivity index (χ4v) is 3.61. The van der Waals surface area contributed by atoms with Gasteiger partial charge < -0.3 is 24.8 Å². The highest BCUT2D eigenvalue weighted by Crippen LogP contribution is 2.16. The van der Waals surface area contributed by atoms with Crippen LogP contribution in [0.2, 0.25) is 0 Å². The van der Waals surface area contributed by atoms with Gasteiger partial charge in [-0.1, -0.05) is 6.92 Å². The molecule has 25 heavy (non-hydrogen) atoms. The molecule has 144 valence electrons. The van der Waals surface area contributed by atoms with Gasteiger partial charge in [-0.15, -0.1) is 0 Å². The van der Waals surface area contributed by atoms with Crippen LogP contribution in [0.25, 0.3) is 0 Å². The van der Waals surface area contributed by atoms with Crippen molar-refractivity contribution in [2.75, 3.05) is 66.0 Å². The molecule has 2 saturated heterocycles. The number of amides is 1. The van der Waals surface area contributed by atoms with E-state index >= 15 is 0 Å². The predicted octanol–water partition coefficient (Wildman–Crippen LogP) is 1.46. The van der Waals surface area contributed by atoms with E-state index in [1.165, 1.54) is 38.9 Å². The molecule has 2 heterocycles. The maximum Gasteiger partial charge on any atom is 0.409 e. The third kappa shape index (κ3) is 6.06. The van der Waals surface area contributed by atoms with Crippen molar-refractivity contribution in [2.45, 2.75) is 33.1 Å². The average molecular weight is 354 g/mol. The molecule has 1 N–H and O–H groups in total. The van der Waals surface area contributed by atoms with Crippen molar-refractivity contribution in [2.24, 2.45) is 10.9 Å². The second-order valence-electron chi connectivity index (χ2n) is 6.89. The molecule has 2 fully saturated rings. The summed E-state index contributed by atoms with van der Waals surface area (Å²) in [5.74, 6) is 1.69. The van der Waals surface area contributed by atoms with E-state index in [-0.39, 0.29) is 6.09 Å². The Kier molecular flexibility index (Phi) is 8.31. The van der Waals surface area contributed by atoms with Crippen molar-refractivity contribution in [3.63, 3.8) is 0 Å². The number of hydrogen-bond acceptors (Lipinski definition) is 4. The van der Waals surface area contributed by atoms with E-state index in [2.05, 4.69) is 27.0 Å². The van der Waals surface area contributed by atoms with E-state index in [0.717, 1.165) is 31.5 Å². The van der Waals surface area contributed by atoms with E-state index < -0.39 is 0 Å². The summed E-state index contributed by atoms with van der Waals surface area (Å²) in [4.78, 5) is 22.8. The molecule has 0 aromatic heterocycles. The standard InChI is InChI=1S/C18H35N5O2/c1-4-8-21-9-6-16(7-10-21)15-20-17(19-3)22-11-13-23(14-12-22)18(24)25-5-2/h16H,4-15H2,1-3H3,(H,19,20). The Labute approximate surface area is 152 Å². The Hall–Kier alpha value is -1.50. The summed E-state index contributed by atoms with van der Waals surface area (Å²) in [6.07, 6.45) is 3.57. The summed E-state index contributed by atoms with van der Waals surface area (Å²) in [5, 5.41) is 3.55. The maximum atomic E-state index is 11.8. The highest BCUT2D eigenvalue weighted by molar-refractivity contribution is 5.80. The second kappa shape index (κ2) is 10.5. The van der Waals surface area contributed by atoms with Gasteiger partial charge in [-0.05, 0) is 51.7 Å². The Morgan fingerprint density at radius 2 is 1.72 bits per heavy atom. The molecule has 0 spiro atoms. The second-order valence-corrected chi connectivity index (χ2v) is 6.89. The minimum atomic E-state index is -0.205. The molecule has 0 bridgehead atoms. The summed E-state index contributed by atoms with van der Waals surface area (Å²) < 4.78 is 5.07. The van der Waals surface area contributed by atoms with Crippen LogP contribution in [0.5, 0.6) is 0 Å². The number of guanidine groups is 1. The largest absolute Gasteiger partial charge is 0.450 e. The van der Waals surface area contributed by atoms with E-state index in [1.54, 1.807) is 4.90 Å². The molecule has 0 atom stereocenters. The lowest BCUT2D eigenvalue weighted by Gasteiger charge is -2.37. The van der Waals surface area contributed by atoms with Gasteiger partial charge in [-0.3, -0.25) is 4.99 Å². The molecular weight excluding hydrogens is 318 g/mol. The van der Waals surface area contributed by atoms with Crippen LogP contribution in [0.15, 0.2) is 4.99 Å². The predicted molar refractivity (Wildman–Crippen MR) is 101 cm³/mol. The highest BCUT2D eigenvalue weighted by atomic mass is 16.6. The maximum absolute atomic E-state index is 11.8. The SMILES string of the molecule is CCCN1CCC(CNC(=NC)N2CCN(C(=O)OCC)CC2)CC1. The van der Waals surface area contributed by atoms with Gasteiger partial charge in [-0.25, -0.2) is 4.79 Å². The number of ether oxygens (including phenoxy) is 1. The zero-order valence-electron chi connectivity index (χ0n) is 16.2. The fraction of sp³-hybridized carbons (Fsp3) is 0.889. The van der Waals surface area contributed by atoms with E-state index in [1.807, 2.05) is 14.0 Å². The minimum absolute atomic E-state index is 0.205. The first-order chi connectivity index (χ1) is 12.2. The molecule has 0 unspecified atom stereocenters. The number of carbonyl (C=O) groups excluding carboxylic acids is 1. The monoisotopic (exact) mass is 353 g/mol. The van der Waals surface area contributed by atoms with Crippen molar-refractivity contribution in [1.82, 2.24) is 20.0 Å². The number of nitrogens with zero attached hydrogens (tertiary/aromatic N) is 4. The van der Waals surface area contributed by atoms with Crippen LogP contribution in [-0.4, -0.2) is 92.8 Å². The smallest absolute Gasteiger partial charge is 0.409 e. The topological polar surface area (TPSA) is 60.4 Å². The molecule has 0 aromatic carbocycles.